The molecule has 6 heteroatoms. The maximum absolute atomic E-state index is 10.2. The van der Waals surface area contributed by atoms with E-state index in [4.69, 9.17) is 19.7 Å². The van der Waals surface area contributed by atoms with Crippen LogP contribution in [-0.4, -0.2) is 40.5 Å². The number of aliphatic hydroxyl groups excluding tert-OH is 1. The summed E-state index contributed by atoms with van der Waals surface area (Å²) in [6.07, 6.45) is -0.413. The predicted molar refractivity (Wildman–Crippen MR) is 48.3 cm³/mol. The molecule has 3 atom stereocenters. The number of carboxylic acids is 1. The average molecular weight is 210 g/mol. The standard InChI is InChI=1S/C7H14O5S/c1-4(11-3)12-5(2)13-7(10)6(8)9/h4-5,7,10H,1-3H3,(H,8,9). The quantitative estimate of drug-likeness (QED) is 0.621. The number of rotatable bonds is 6. The minimum Gasteiger partial charge on any atom is -0.479 e. The molecule has 0 radical (unpaired) electrons. The molecule has 0 aliphatic rings. The molecule has 0 aromatic rings. The van der Waals surface area contributed by atoms with E-state index in [1.165, 1.54) is 7.11 Å². The smallest absolute Gasteiger partial charge is 0.343 e. The molecule has 0 fully saturated rings. The normalized spacial score (nSPS) is 17.8. The molecule has 3 unspecified atom stereocenters. The molecule has 0 amide bonds. The maximum atomic E-state index is 10.2. The lowest BCUT2D eigenvalue weighted by Gasteiger charge is -2.18. The molecule has 78 valence electrons. The first-order valence-corrected chi connectivity index (χ1v) is 4.66. The Morgan fingerprint density at radius 3 is 2.38 bits per heavy atom. The lowest BCUT2D eigenvalue weighted by Crippen LogP contribution is -2.22. The van der Waals surface area contributed by atoms with E-state index in [9.17, 15) is 4.79 Å². The van der Waals surface area contributed by atoms with Crippen LogP contribution in [0.3, 0.4) is 0 Å². The van der Waals surface area contributed by atoms with Gasteiger partial charge in [-0.3, -0.25) is 0 Å². The summed E-state index contributed by atoms with van der Waals surface area (Å²) in [5.74, 6) is -1.27. The Bertz CT molecular complexity index is 163. The lowest BCUT2D eigenvalue weighted by atomic mass is 10.7. The van der Waals surface area contributed by atoms with Crippen LogP contribution in [0.5, 0.6) is 0 Å². The van der Waals surface area contributed by atoms with Gasteiger partial charge >= 0.3 is 5.97 Å². The monoisotopic (exact) mass is 210 g/mol. The summed E-state index contributed by atoms with van der Waals surface area (Å²) < 4.78 is 9.94. The Morgan fingerprint density at radius 1 is 1.46 bits per heavy atom. The van der Waals surface area contributed by atoms with E-state index in [1.807, 2.05) is 0 Å². The van der Waals surface area contributed by atoms with Crippen molar-refractivity contribution in [3.8, 4) is 0 Å². The first-order chi connectivity index (χ1) is 5.97. The van der Waals surface area contributed by atoms with Crippen LogP contribution in [0.25, 0.3) is 0 Å². The number of thioether (sulfide) groups is 1. The molecule has 0 saturated carbocycles. The van der Waals surface area contributed by atoms with Gasteiger partial charge in [0.25, 0.3) is 0 Å². The van der Waals surface area contributed by atoms with Crippen molar-refractivity contribution in [2.24, 2.45) is 0 Å². The number of carboxylic acid groups (broad SMARTS) is 1. The third-order valence-electron chi connectivity index (χ3n) is 1.25. The van der Waals surface area contributed by atoms with Crippen molar-refractivity contribution < 1.29 is 24.5 Å². The van der Waals surface area contributed by atoms with E-state index in [0.717, 1.165) is 11.8 Å². The molecule has 13 heavy (non-hydrogen) atoms. The number of methoxy groups -OCH3 is 1. The van der Waals surface area contributed by atoms with Crippen molar-refractivity contribution in [1.29, 1.82) is 0 Å². The highest BCUT2D eigenvalue weighted by Crippen LogP contribution is 2.18. The summed E-state index contributed by atoms with van der Waals surface area (Å²) in [5, 5.41) is 17.3. The number of carbonyl (C=O) groups is 1. The highest BCUT2D eigenvalue weighted by atomic mass is 32.2. The van der Waals surface area contributed by atoms with Crippen LogP contribution in [0.1, 0.15) is 13.8 Å². The zero-order valence-electron chi connectivity index (χ0n) is 7.76. The van der Waals surface area contributed by atoms with Crippen molar-refractivity contribution in [1.82, 2.24) is 0 Å². The van der Waals surface area contributed by atoms with Crippen LogP contribution in [0, 0.1) is 0 Å². The highest BCUT2D eigenvalue weighted by molar-refractivity contribution is 8.00. The van der Waals surface area contributed by atoms with Gasteiger partial charge in [-0.25, -0.2) is 4.79 Å². The van der Waals surface area contributed by atoms with Crippen molar-refractivity contribution >= 4 is 17.7 Å². The fourth-order valence-electron chi connectivity index (χ4n) is 0.597. The largest absolute Gasteiger partial charge is 0.479 e. The first kappa shape index (κ1) is 12.7. The van der Waals surface area contributed by atoms with Crippen LogP contribution in [0.15, 0.2) is 0 Å². The fraction of sp³-hybridized carbons (Fsp3) is 0.857. The van der Waals surface area contributed by atoms with Gasteiger partial charge in [-0.1, -0.05) is 11.8 Å². The Balaban J connectivity index is 3.73. The van der Waals surface area contributed by atoms with E-state index in [1.54, 1.807) is 13.8 Å². The lowest BCUT2D eigenvalue weighted by molar-refractivity contribution is -0.142. The molecule has 0 aliphatic heterocycles. The van der Waals surface area contributed by atoms with Gasteiger partial charge in [-0.05, 0) is 13.8 Å². The second-order valence-corrected chi connectivity index (χ2v) is 3.72. The number of aliphatic hydroxyl groups is 1. The van der Waals surface area contributed by atoms with Crippen molar-refractivity contribution in [2.75, 3.05) is 7.11 Å². The first-order valence-electron chi connectivity index (χ1n) is 3.72. The van der Waals surface area contributed by atoms with Crippen LogP contribution >= 0.6 is 11.8 Å². The molecule has 0 rings (SSSR count). The molecule has 0 aromatic heterocycles. The van der Waals surface area contributed by atoms with Crippen LogP contribution < -0.4 is 0 Å². The van der Waals surface area contributed by atoms with Crippen molar-refractivity contribution in [3.63, 3.8) is 0 Å². The van der Waals surface area contributed by atoms with Gasteiger partial charge in [0.05, 0.1) is 0 Å². The van der Waals surface area contributed by atoms with E-state index in [0.29, 0.717) is 0 Å². The summed E-state index contributed by atoms with van der Waals surface area (Å²) in [4.78, 5) is 10.2. The minimum absolute atomic E-state index is 0.413. The molecule has 0 heterocycles. The van der Waals surface area contributed by atoms with Crippen LogP contribution in [0.2, 0.25) is 0 Å². The van der Waals surface area contributed by atoms with E-state index < -0.39 is 23.1 Å². The van der Waals surface area contributed by atoms with E-state index >= 15 is 0 Å². The van der Waals surface area contributed by atoms with E-state index in [-0.39, 0.29) is 0 Å². The molecular weight excluding hydrogens is 196 g/mol. The number of aliphatic carboxylic acids is 1. The molecule has 0 aliphatic carbocycles. The highest BCUT2D eigenvalue weighted by Gasteiger charge is 2.19. The van der Waals surface area contributed by atoms with Crippen molar-refractivity contribution in [3.05, 3.63) is 0 Å². The summed E-state index contributed by atoms with van der Waals surface area (Å²) in [6.45, 7) is 3.33. The molecule has 0 spiro atoms. The second-order valence-electron chi connectivity index (χ2n) is 2.33. The Labute approximate surface area is 81.0 Å². The maximum Gasteiger partial charge on any atom is 0.343 e. The Hall–Kier alpha value is -0.300. The third kappa shape index (κ3) is 5.87. The van der Waals surface area contributed by atoms with E-state index in [2.05, 4.69) is 0 Å². The van der Waals surface area contributed by atoms with Gasteiger partial charge in [0.15, 0.2) is 11.7 Å². The summed E-state index contributed by atoms with van der Waals surface area (Å²) in [6, 6.07) is 0. The van der Waals surface area contributed by atoms with Gasteiger partial charge < -0.3 is 19.7 Å². The van der Waals surface area contributed by atoms with Crippen LogP contribution in [-0.2, 0) is 14.3 Å². The molecule has 0 saturated heterocycles. The molecule has 0 bridgehead atoms. The summed E-state index contributed by atoms with van der Waals surface area (Å²) in [5.41, 5.74) is -1.89. The predicted octanol–water partition coefficient (Wildman–Crippen LogP) is 0.478. The average Bonchev–Trinajstić information content (AvgIpc) is 2.03. The topological polar surface area (TPSA) is 76.0 Å². The van der Waals surface area contributed by atoms with Gasteiger partial charge in [-0.15, -0.1) is 0 Å². The fourth-order valence-corrected chi connectivity index (χ4v) is 1.30. The van der Waals surface area contributed by atoms with Crippen molar-refractivity contribution in [2.45, 2.75) is 31.0 Å². The number of ether oxygens (including phenoxy) is 2. The summed E-state index contributed by atoms with van der Waals surface area (Å²) >= 11 is 0.805. The molecule has 5 nitrogen and oxygen atoms in total. The van der Waals surface area contributed by atoms with Gasteiger partial charge in [-0.2, -0.15) is 0 Å². The minimum atomic E-state index is -1.46. The summed E-state index contributed by atoms with van der Waals surface area (Å²) in [7, 11) is 1.48. The Kier molecular flexibility index (Phi) is 6.06. The SMILES string of the molecule is COC(C)OC(C)SC(O)C(=O)O. The molecule has 2 N–H and O–H groups in total. The van der Waals surface area contributed by atoms with Gasteiger partial charge in [0.2, 0.25) is 0 Å². The zero-order chi connectivity index (χ0) is 10.4. The number of hydrogen-bond donors (Lipinski definition) is 2. The van der Waals surface area contributed by atoms with Crippen LogP contribution in [0.4, 0.5) is 0 Å². The molecule has 0 aromatic carbocycles. The second kappa shape index (κ2) is 6.20. The number of hydrogen-bond acceptors (Lipinski definition) is 5. The Morgan fingerprint density at radius 2 is 2.00 bits per heavy atom. The third-order valence-corrected chi connectivity index (χ3v) is 2.20. The van der Waals surface area contributed by atoms with Gasteiger partial charge in [0, 0.05) is 7.11 Å². The zero-order valence-corrected chi connectivity index (χ0v) is 8.58. The van der Waals surface area contributed by atoms with Gasteiger partial charge in [0.1, 0.15) is 5.44 Å². The molecular formula is C7H14O5S.